The van der Waals surface area contributed by atoms with Gasteiger partial charge in [-0.3, -0.25) is 14.4 Å². The monoisotopic (exact) mass is 453 g/mol. The third-order valence-corrected chi connectivity index (χ3v) is 7.56. The number of benzene rings is 1. The van der Waals surface area contributed by atoms with Crippen molar-refractivity contribution in [3.05, 3.63) is 35.4 Å². The van der Waals surface area contributed by atoms with E-state index < -0.39 is 6.04 Å². The van der Waals surface area contributed by atoms with Crippen molar-refractivity contribution in [2.75, 3.05) is 26.2 Å². The van der Waals surface area contributed by atoms with Gasteiger partial charge in [0.15, 0.2) is 0 Å². The number of amides is 3. The topological polar surface area (TPSA) is 60.9 Å². The van der Waals surface area contributed by atoms with Gasteiger partial charge < -0.3 is 14.7 Å². The van der Waals surface area contributed by atoms with Crippen LogP contribution in [0.15, 0.2) is 24.3 Å². The van der Waals surface area contributed by atoms with Crippen LogP contribution in [-0.4, -0.2) is 64.6 Å². The summed E-state index contributed by atoms with van der Waals surface area (Å²) in [6, 6.07) is 7.69. The van der Waals surface area contributed by atoms with Crippen LogP contribution < -0.4 is 0 Å². The molecular weight excluding hydrogens is 414 g/mol. The van der Waals surface area contributed by atoms with Crippen LogP contribution in [-0.2, 0) is 27.3 Å². The maximum Gasteiger partial charge on any atom is 0.245 e. The molecule has 3 aliphatic rings. The molecule has 2 fully saturated rings. The van der Waals surface area contributed by atoms with Crippen molar-refractivity contribution >= 4 is 17.7 Å². The molecule has 33 heavy (non-hydrogen) atoms. The summed E-state index contributed by atoms with van der Waals surface area (Å²) in [4.78, 5) is 45.5. The van der Waals surface area contributed by atoms with Gasteiger partial charge in [0.25, 0.3) is 0 Å². The van der Waals surface area contributed by atoms with Gasteiger partial charge in [-0.2, -0.15) is 0 Å². The molecule has 0 spiro atoms. The van der Waals surface area contributed by atoms with Crippen LogP contribution in [0.25, 0.3) is 0 Å². The smallest absolute Gasteiger partial charge is 0.245 e. The Hall–Kier alpha value is -2.37. The summed E-state index contributed by atoms with van der Waals surface area (Å²) in [6.07, 6.45) is 4.76. The zero-order chi connectivity index (χ0) is 23.5. The maximum atomic E-state index is 13.6. The van der Waals surface area contributed by atoms with Crippen molar-refractivity contribution < 1.29 is 14.4 Å². The third-order valence-electron chi connectivity index (χ3n) is 7.56. The van der Waals surface area contributed by atoms with Crippen molar-refractivity contribution in [1.82, 2.24) is 14.7 Å². The van der Waals surface area contributed by atoms with Crippen LogP contribution in [0.4, 0.5) is 0 Å². The molecule has 0 saturated carbocycles. The third kappa shape index (κ3) is 5.42. The molecule has 6 nitrogen and oxygen atoms in total. The lowest BCUT2D eigenvalue weighted by atomic mass is 9.90. The number of nitrogens with zero attached hydrogens (tertiary/aromatic N) is 3. The summed E-state index contributed by atoms with van der Waals surface area (Å²) >= 11 is 0. The van der Waals surface area contributed by atoms with Gasteiger partial charge in [0, 0.05) is 51.5 Å². The van der Waals surface area contributed by atoms with E-state index in [1.54, 1.807) is 4.90 Å². The predicted octanol–water partition coefficient (Wildman–Crippen LogP) is 3.48. The van der Waals surface area contributed by atoms with Crippen LogP contribution in [0.5, 0.6) is 0 Å². The molecule has 2 saturated heterocycles. The molecule has 2 atom stereocenters. The van der Waals surface area contributed by atoms with Crippen molar-refractivity contribution in [2.45, 2.75) is 71.9 Å². The number of carbonyl (C=O) groups is 3. The summed E-state index contributed by atoms with van der Waals surface area (Å²) in [5.41, 5.74) is 2.30. The summed E-state index contributed by atoms with van der Waals surface area (Å²) in [6.45, 7) is 9.74. The van der Waals surface area contributed by atoms with E-state index in [9.17, 15) is 14.4 Å². The highest BCUT2D eigenvalue weighted by atomic mass is 16.2. The Morgan fingerprint density at radius 2 is 1.64 bits per heavy atom. The van der Waals surface area contributed by atoms with E-state index in [4.69, 9.17) is 0 Å². The Balaban J connectivity index is 1.42. The molecule has 0 radical (unpaired) electrons. The fourth-order valence-electron chi connectivity index (χ4n) is 5.68. The van der Waals surface area contributed by atoms with Gasteiger partial charge >= 0.3 is 0 Å². The van der Waals surface area contributed by atoms with Gasteiger partial charge in [-0.25, -0.2) is 0 Å². The van der Waals surface area contributed by atoms with E-state index in [2.05, 4.69) is 19.1 Å². The summed E-state index contributed by atoms with van der Waals surface area (Å²) in [7, 11) is 0. The zero-order valence-corrected chi connectivity index (χ0v) is 20.5. The number of hydrogen-bond acceptors (Lipinski definition) is 3. The molecule has 1 aromatic rings. The first-order valence-electron chi connectivity index (χ1n) is 12.8. The van der Waals surface area contributed by atoms with Crippen LogP contribution in [0.3, 0.4) is 0 Å². The van der Waals surface area contributed by atoms with Crippen LogP contribution in [0.1, 0.15) is 64.0 Å². The van der Waals surface area contributed by atoms with E-state index in [1.807, 2.05) is 35.8 Å². The molecule has 3 heterocycles. The number of rotatable bonds is 4. The fourth-order valence-corrected chi connectivity index (χ4v) is 5.68. The molecule has 6 heteroatoms. The number of carbonyl (C=O) groups excluding carboxylic acids is 3. The average Bonchev–Trinajstić information content (AvgIpc) is 2.82. The van der Waals surface area contributed by atoms with Crippen LogP contribution in [0.2, 0.25) is 0 Å². The molecule has 180 valence electrons. The molecule has 2 unspecified atom stereocenters. The Labute approximate surface area is 198 Å². The fraction of sp³-hybridized carbons (Fsp3) is 0.667. The standard InChI is InChI=1S/C27H39N3O3/c1-19(2)15-25(31)30-18-23-9-5-4-8-22(23)16-24(30)27(33)28-13-10-21(11-14-28)26(32)29-12-6-7-20(3)17-29/h4-5,8-9,19-21,24H,6-7,10-18H2,1-3H3. The van der Waals surface area contributed by atoms with Gasteiger partial charge in [-0.05, 0) is 48.6 Å². The van der Waals surface area contributed by atoms with Gasteiger partial charge in [0.05, 0.1) is 0 Å². The summed E-state index contributed by atoms with van der Waals surface area (Å²) in [5.74, 6) is 1.22. The zero-order valence-electron chi connectivity index (χ0n) is 20.5. The second-order valence-corrected chi connectivity index (χ2v) is 10.7. The van der Waals surface area contributed by atoms with E-state index >= 15 is 0 Å². The minimum absolute atomic E-state index is 0.0186. The van der Waals surface area contributed by atoms with Crippen molar-refractivity contribution in [1.29, 1.82) is 0 Å². The first kappa shape index (κ1) is 23.8. The molecule has 0 bridgehead atoms. The Bertz CT molecular complexity index is 875. The quantitative estimate of drug-likeness (QED) is 0.701. The maximum absolute atomic E-state index is 13.6. The molecule has 0 N–H and O–H groups in total. The highest BCUT2D eigenvalue weighted by molar-refractivity contribution is 5.89. The largest absolute Gasteiger partial charge is 0.342 e. The Morgan fingerprint density at radius 1 is 0.939 bits per heavy atom. The molecule has 0 aliphatic carbocycles. The molecular formula is C27H39N3O3. The SMILES string of the molecule is CC(C)CC(=O)N1Cc2ccccc2CC1C(=O)N1CCC(C(=O)N2CCCC(C)C2)CC1. The van der Waals surface area contributed by atoms with Gasteiger partial charge in [0.2, 0.25) is 17.7 Å². The van der Waals surface area contributed by atoms with Gasteiger partial charge in [-0.1, -0.05) is 45.0 Å². The molecule has 0 aromatic heterocycles. The van der Waals surface area contributed by atoms with E-state index in [0.29, 0.717) is 38.4 Å². The van der Waals surface area contributed by atoms with Crippen molar-refractivity contribution in [3.8, 4) is 0 Å². The Morgan fingerprint density at radius 3 is 2.30 bits per heavy atom. The number of likely N-dealkylation sites (tertiary alicyclic amines) is 2. The average molecular weight is 454 g/mol. The number of hydrogen-bond donors (Lipinski definition) is 0. The molecule has 3 amide bonds. The van der Waals surface area contributed by atoms with Crippen molar-refractivity contribution in [2.24, 2.45) is 17.8 Å². The molecule has 3 aliphatic heterocycles. The van der Waals surface area contributed by atoms with E-state index in [0.717, 1.165) is 43.5 Å². The second-order valence-electron chi connectivity index (χ2n) is 10.7. The summed E-state index contributed by atoms with van der Waals surface area (Å²) < 4.78 is 0. The lowest BCUT2D eigenvalue weighted by Crippen LogP contribution is -2.55. The second kappa shape index (κ2) is 10.3. The first-order chi connectivity index (χ1) is 15.8. The Kier molecular flexibility index (Phi) is 7.40. The first-order valence-corrected chi connectivity index (χ1v) is 12.8. The number of fused-ring (bicyclic) bond motifs is 1. The van der Waals surface area contributed by atoms with Crippen molar-refractivity contribution in [3.63, 3.8) is 0 Å². The molecule has 4 rings (SSSR count). The lowest BCUT2D eigenvalue weighted by Gasteiger charge is -2.41. The van der Waals surface area contributed by atoms with Crippen LogP contribution >= 0.6 is 0 Å². The lowest BCUT2D eigenvalue weighted by molar-refractivity contribution is -0.149. The van der Waals surface area contributed by atoms with Gasteiger partial charge in [0.1, 0.15) is 6.04 Å². The number of piperidine rings is 2. The van der Waals surface area contributed by atoms with E-state index in [1.165, 1.54) is 6.42 Å². The highest BCUT2D eigenvalue weighted by Gasteiger charge is 2.39. The predicted molar refractivity (Wildman–Crippen MR) is 128 cm³/mol. The minimum Gasteiger partial charge on any atom is -0.342 e. The van der Waals surface area contributed by atoms with E-state index in [-0.39, 0.29) is 29.6 Å². The highest BCUT2D eigenvalue weighted by Crippen LogP contribution is 2.28. The molecule has 1 aromatic carbocycles. The van der Waals surface area contributed by atoms with Gasteiger partial charge in [-0.15, -0.1) is 0 Å². The van der Waals surface area contributed by atoms with Crippen LogP contribution in [0, 0.1) is 17.8 Å². The minimum atomic E-state index is -0.443. The summed E-state index contributed by atoms with van der Waals surface area (Å²) in [5, 5.41) is 0. The normalized spacial score (nSPS) is 24.1.